The van der Waals surface area contributed by atoms with E-state index in [4.69, 9.17) is 9.47 Å². The predicted molar refractivity (Wildman–Crippen MR) is 123 cm³/mol. The van der Waals surface area contributed by atoms with Gasteiger partial charge in [0.05, 0.1) is 13.2 Å². The molecular formula is C25H31N3O4. The molecule has 1 fully saturated rings. The largest absolute Gasteiger partial charge is 0.484 e. The van der Waals surface area contributed by atoms with Crippen LogP contribution in [-0.4, -0.2) is 67.1 Å². The highest BCUT2D eigenvalue weighted by Crippen LogP contribution is 2.27. The number of hydrogen-bond donors (Lipinski definition) is 1. The average Bonchev–Trinajstić information content (AvgIpc) is 2.82. The fourth-order valence-electron chi connectivity index (χ4n) is 4.20. The summed E-state index contributed by atoms with van der Waals surface area (Å²) in [6.45, 7) is 6.68. The van der Waals surface area contributed by atoms with Crippen molar-refractivity contribution in [2.75, 3.05) is 44.8 Å². The van der Waals surface area contributed by atoms with E-state index in [2.05, 4.69) is 17.1 Å². The van der Waals surface area contributed by atoms with E-state index in [9.17, 15) is 9.59 Å². The van der Waals surface area contributed by atoms with Gasteiger partial charge in [-0.15, -0.1) is 0 Å². The second-order valence-corrected chi connectivity index (χ2v) is 8.43. The first kappa shape index (κ1) is 22.3. The molecule has 0 spiro atoms. The SMILES string of the molecule is CC(CN1CCOCC1)N(Cc1ccccc1)C(=O)COc1ccc2c(c1)CCC(=O)N2. The van der Waals surface area contributed by atoms with Gasteiger partial charge >= 0.3 is 0 Å². The number of aryl methyl sites for hydroxylation is 1. The molecule has 1 atom stereocenters. The van der Waals surface area contributed by atoms with Crippen molar-refractivity contribution in [2.45, 2.75) is 32.4 Å². The lowest BCUT2D eigenvalue weighted by Gasteiger charge is -2.35. The molecule has 2 aliphatic rings. The number of hydrogen-bond acceptors (Lipinski definition) is 5. The minimum absolute atomic E-state index is 0.0224. The van der Waals surface area contributed by atoms with Crippen LogP contribution in [0.2, 0.25) is 0 Å². The Morgan fingerprint density at radius 2 is 1.94 bits per heavy atom. The molecule has 0 saturated carbocycles. The summed E-state index contributed by atoms with van der Waals surface area (Å²) in [7, 11) is 0. The van der Waals surface area contributed by atoms with Crippen LogP contribution in [0.5, 0.6) is 5.75 Å². The molecule has 0 radical (unpaired) electrons. The molecule has 1 saturated heterocycles. The zero-order chi connectivity index (χ0) is 22.3. The van der Waals surface area contributed by atoms with E-state index in [0.29, 0.717) is 25.1 Å². The molecule has 4 rings (SSSR count). The summed E-state index contributed by atoms with van der Waals surface area (Å²) in [4.78, 5) is 29.0. The molecule has 2 aliphatic heterocycles. The molecule has 2 heterocycles. The van der Waals surface area contributed by atoms with Crippen LogP contribution in [0.25, 0.3) is 0 Å². The van der Waals surface area contributed by atoms with Crippen molar-refractivity contribution in [2.24, 2.45) is 0 Å². The Bertz CT molecular complexity index is 928. The summed E-state index contributed by atoms with van der Waals surface area (Å²) in [5.74, 6) is 0.640. The molecule has 1 unspecified atom stereocenters. The number of nitrogens with one attached hydrogen (secondary N) is 1. The number of anilines is 1. The van der Waals surface area contributed by atoms with Crippen molar-refractivity contribution in [1.29, 1.82) is 0 Å². The number of fused-ring (bicyclic) bond motifs is 1. The lowest BCUT2D eigenvalue weighted by molar-refractivity contribution is -0.136. The molecule has 2 aromatic carbocycles. The Kier molecular flexibility index (Phi) is 7.39. The maximum Gasteiger partial charge on any atom is 0.261 e. The van der Waals surface area contributed by atoms with Crippen LogP contribution in [0.1, 0.15) is 24.5 Å². The Morgan fingerprint density at radius 1 is 1.16 bits per heavy atom. The Balaban J connectivity index is 1.41. The lowest BCUT2D eigenvalue weighted by atomic mass is 10.0. The van der Waals surface area contributed by atoms with E-state index in [1.165, 1.54) is 0 Å². The van der Waals surface area contributed by atoms with Crippen molar-refractivity contribution in [3.63, 3.8) is 0 Å². The normalized spacial score (nSPS) is 17.2. The number of amides is 2. The van der Waals surface area contributed by atoms with E-state index in [1.54, 1.807) is 6.07 Å². The van der Waals surface area contributed by atoms with Crippen LogP contribution in [0.4, 0.5) is 5.69 Å². The van der Waals surface area contributed by atoms with Crippen molar-refractivity contribution in [3.8, 4) is 5.75 Å². The zero-order valence-electron chi connectivity index (χ0n) is 18.6. The molecule has 0 aromatic heterocycles. The number of benzene rings is 2. The van der Waals surface area contributed by atoms with Crippen LogP contribution >= 0.6 is 0 Å². The molecule has 7 heteroatoms. The van der Waals surface area contributed by atoms with Crippen molar-refractivity contribution in [1.82, 2.24) is 9.80 Å². The van der Waals surface area contributed by atoms with Gasteiger partial charge in [0.15, 0.2) is 6.61 Å². The second-order valence-electron chi connectivity index (χ2n) is 8.43. The summed E-state index contributed by atoms with van der Waals surface area (Å²) >= 11 is 0. The number of carbonyl (C=O) groups excluding carboxylic acids is 2. The monoisotopic (exact) mass is 437 g/mol. The molecule has 1 N–H and O–H groups in total. The number of ether oxygens (including phenoxy) is 2. The quantitative estimate of drug-likeness (QED) is 0.688. The highest BCUT2D eigenvalue weighted by Gasteiger charge is 2.24. The summed E-state index contributed by atoms with van der Waals surface area (Å²) < 4.78 is 11.3. The molecule has 2 amide bonds. The number of nitrogens with zero attached hydrogens (tertiary/aromatic N) is 2. The molecule has 7 nitrogen and oxygen atoms in total. The molecule has 0 bridgehead atoms. The Labute approximate surface area is 189 Å². The van der Waals surface area contributed by atoms with Gasteiger partial charge < -0.3 is 19.7 Å². The topological polar surface area (TPSA) is 71.1 Å². The van der Waals surface area contributed by atoms with Gasteiger partial charge in [0, 0.05) is 44.3 Å². The standard InChI is InChI=1S/C25H31N3O4/c1-19(16-27-11-13-31-14-12-27)28(17-20-5-3-2-4-6-20)25(30)18-32-22-8-9-23-21(15-22)7-10-24(29)26-23/h2-6,8-9,15,19H,7,10-14,16-18H2,1H3,(H,26,29). The van der Waals surface area contributed by atoms with Gasteiger partial charge in [-0.05, 0) is 42.7 Å². The van der Waals surface area contributed by atoms with Crippen molar-refractivity contribution < 1.29 is 19.1 Å². The minimum atomic E-state index is -0.0411. The van der Waals surface area contributed by atoms with E-state index in [1.807, 2.05) is 47.4 Å². The van der Waals surface area contributed by atoms with Crippen LogP contribution in [0, 0.1) is 0 Å². The van der Waals surface area contributed by atoms with Crippen LogP contribution < -0.4 is 10.1 Å². The van der Waals surface area contributed by atoms with Gasteiger partial charge in [-0.3, -0.25) is 14.5 Å². The van der Waals surface area contributed by atoms with E-state index >= 15 is 0 Å². The summed E-state index contributed by atoms with van der Waals surface area (Å²) in [6.07, 6.45) is 1.16. The van der Waals surface area contributed by atoms with Gasteiger partial charge in [0.1, 0.15) is 5.75 Å². The molecule has 2 aromatic rings. The molecular weight excluding hydrogens is 406 g/mol. The summed E-state index contributed by atoms with van der Waals surface area (Å²) in [5, 5.41) is 2.87. The first-order valence-corrected chi connectivity index (χ1v) is 11.3. The van der Waals surface area contributed by atoms with Gasteiger partial charge in [-0.1, -0.05) is 30.3 Å². The lowest BCUT2D eigenvalue weighted by Crippen LogP contribution is -2.49. The third-order valence-electron chi connectivity index (χ3n) is 6.01. The second kappa shape index (κ2) is 10.6. The maximum absolute atomic E-state index is 13.2. The highest BCUT2D eigenvalue weighted by atomic mass is 16.5. The Morgan fingerprint density at radius 3 is 2.72 bits per heavy atom. The van der Waals surface area contributed by atoms with Gasteiger partial charge in [0.2, 0.25) is 5.91 Å². The Hall–Kier alpha value is -2.90. The summed E-state index contributed by atoms with van der Waals surface area (Å²) in [6, 6.07) is 15.7. The predicted octanol–water partition coefficient (Wildman–Crippen LogP) is 2.70. The van der Waals surface area contributed by atoms with E-state index < -0.39 is 0 Å². The smallest absolute Gasteiger partial charge is 0.261 e. The zero-order valence-corrected chi connectivity index (χ0v) is 18.6. The molecule has 170 valence electrons. The van der Waals surface area contributed by atoms with Crippen LogP contribution in [0.3, 0.4) is 0 Å². The summed E-state index contributed by atoms with van der Waals surface area (Å²) in [5.41, 5.74) is 2.96. The van der Waals surface area contributed by atoms with Crippen molar-refractivity contribution >= 4 is 17.5 Å². The van der Waals surface area contributed by atoms with Gasteiger partial charge in [-0.2, -0.15) is 0 Å². The molecule has 0 aliphatic carbocycles. The van der Waals surface area contributed by atoms with Crippen LogP contribution in [0.15, 0.2) is 48.5 Å². The third kappa shape index (κ3) is 5.87. The fourth-order valence-corrected chi connectivity index (χ4v) is 4.20. The highest BCUT2D eigenvalue weighted by molar-refractivity contribution is 5.94. The van der Waals surface area contributed by atoms with Gasteiger partial charge in [0.25, 0.3) is 5.91 Å². The first-order valence-electron chi connectivity index (χ1n) is 11.3. The third-order valence-corrected chi connectivity index (χ3v) is 6.01. The van der Waals surface area contributed by atoms with E-state index in [0.717, 1.165) is 49.7 Å². The average molecular weight is 438 g/mol. The molecule has 32 heavy (non-hydrogen) atoms. The minimum Gasteiger partial charge on any atom is -0.484 e. The number of carbonyl (C=O) groups is 2. The van der Waals surface area contributed by atoms with Gasteiger partial charge in [-0.25, -0.2) is 0 Å². The maximum atomic E-state index is 13.2. The number of rotatable bonds is 8. The fraction of sp³-hybridized carbons (Fsp3) is 0.440. The van der Waals surface area contributed by atoms with Crippen LogP contribution in [-0.2, 0) is 27.3 Å². The number of morpholine rings is 1. The van der Waals surface area contributed by atoms with Crippen molar-refractivity contribution in [3.05, 3.63) is 59.7 Å². The first-order chi connectivity index (χ1) is 15.6. The van der Waals surface area contributed by atoms with E-state index in [-0.39, 0.29) is 24.5 Å².